The summed E-state index contributed by atoms with van der Waals surface area (Å²) < 4.78 is 37.6. The Labute approximate surface area is 104 Å². The van der Waals surface area contributed by atoms with Crippen LogP contribution in [-0.4, -0.2) is 10.2 Å². The second-order valence-electron chi connectivity index (χ2n) is 3.51. The van der Waals surface area contributed by atoms with Gasteiger partial charge in [0.25, 0.3) is 5.56 Å². The molecule has 7 heteroatoms. The summed E-state index contributed by atoms with van der Waals surface area (Å²) in [5.74, 6) is 0. The van der Waals surface area contributed by atoms with Gasteiger partial charge in [-0.1, -0.05) is 23.7 Å². The van der Waals surface area contributed by atoms with Crippen molar-refractivity contribution in [2.75, 3.05) is 0 Å². The number of nitrogens with one attached hydrogen (secondary N) is 1. The summed E-state index contributed by atoms with van der Waals surface area (Å²) in [6.45, 7) is 0. The second-order valence-corrected chi connectivity index (χ2v) is 3.90. The van der Waals surface area contributed by atoms with Gasteiger partial charge in [-0.15, -0.1) is 0 Å². The van der Waals surface area contributed by atoms with Crippen molar-refractivity contribution in [3.8, 4) is 11.1 Å². The van der Waals surface area contributed by atoms with Crippen LogP contribution in [0.5, 0.6) is 0 Å². The molecule has 18 heavy (non-hydrogen) atoms. The van der Waals surface area contributed by atoms with Gasteiger partial charge in [-0.05, 0) is 23.8 Å². The Kier molecular flexibility index (Phi) is 3.13. The molecule has 3 nitrogen and oxygen atoms in total. The zero-order valence-corrected chi connectivity index (χ0v) is 9.51. The van der Waals surface area contributed by atoms with Crippen LogP contribution in [-0.2, 0) is 6.18 Å². The van der Waals surface area contributed by atoms with Crippen LogP contribution in [0.25, 0.3) is 11.1 Å². The summed E-state index contributed by atoms with van der Waals surface area (Å²) in [7, 11) is 0. The molecule has 1 heterocycles. The third-order valence-electron chi connectivity index (χ3n) is 2.27. The Morgan fingerprint density at radius 1 is 1.22 bits per heavy atom. The first kappa shape index (κ1) is 12.6. The highest BCUT2D eigenvalue weighted by atomic mass is 35.5. The first-order valence-electron chi connectivity index (χ1n) is 4.81. The number of hydrogen-bond acceptors (Lipinski definition) is 2. The summed E-state index contributed by atoms with van der Waals surface area (Å²) in [5, 5.41) is 5.55. The van der Waals surface area contributed by atoms with Crippen LogP contribution >= 0.6 is 11.6 Å². The van der Waals surface area contributed by atoms with E-state index in [0.29, 0.717) is 0 Å². The van der Waals surface area contributed by atoms with E-state index in [0.717, 1.165) is 12.1 Å². The van der Waals surface area contributed by atoms with Crippen molar-refractivity contribution < 1.29 is 13.2 Å². The lowest BCUT2D eigenvalue weighted by atomic mass is 10.0. The monoisotopic (exact) mass is 274 g/mol. The second kappa shape index (κ2) is 4.45. The van der Waals surface area contributed by atoms with E-state index < -0.39 is 17.3 Å². The van der Waals surface area contributed by atoms with Crippen LogP contribution in [0.1, 0.15) is 5.56 Å². The van der Waals surface area contributed by atoms with Gasteiger partial charge < -0.3 is 0 Å². The molecule has 0 saturated heterocycles. The molecule has 0 unspecified atom stereocenters. The molecule has 0 bridgehead atoms. The Morgan fingerprint density at radius 3 is 2.61 bits per heavy atom. The van der Waals surface area contributed by atoms with Gasteiger partial charge in [0, 0.05) is 0 Å². The number of nitrogens with zero attached hydrogens (tertiary/aromatic N) is 1. The van der Waals surface area contributed by atoms with Crippen molar-refractivity contribution in [3.63, 3.8) is 0 Å². The molecular weight excluding hydrogens is 269 g/mol. The van der Waals surface area contributed by atoms with Gasteiger partial charge in [0.1, 0.15) is 5.15 Å². The summed E-state index contributed by atoms with van der Waals surface area (Å²) in [4.78, 5) is 11.5. The predicted octanol–water partition coefficient (Wildman–Crippen LogP) is 3.11. The molecule has 0 fully saturated rings. The maximum Gasteiger partial charge on any atom is 0.416 e. The number of aromatic nitrogens is 2. The van der Waals surface area contributed by atoms with E-state index in [1.807, 2.05) is 0 Å². The third-order valence-corrected chi connectivity index (χ3v) is 2.47. The lowest BCUT2D eigenvalue weighted by Gasteiger charge is -2.08. The zero-order chi connectivity index (χ0) is 13.3. The van der Waals surface area contributed by atoms with Crippen LogP contribution in [0.2, 0.25) is 5.15 Å². The maximum absolute atomic E-state index is 12.5. The molecule has 0 amide bonds. The first-order valence-corrected chi connectivity index (χ1v) is 5.18. The van der Waals surface area contributed by atoms with Crippen LogP contribution < -0.4 is 5.56 Å². The Morgan fingerprint density at radius 2 is 1.94 bits per heavy atom. The van der Waals surface area contributed by atoms with Crippen LogP contribution in [0.15, 0.2) is 35.1 Å². The van der Waals surface area contributed by atoms with Crippen molar-refractivity contribution >= 4 is 11.6 Å². The average molecular weight is 275 g/mol. The zero-order valence-electron chi connectivity index (χ0n) is 8.75. The Balaban J connectivity index is 2.58. The predicted molar refractivity (Wildman–Crippen MR) is 60.3 cm³/mol. The molecule has 2 aromatic rings. The normalized spacial score (nSPS) is 11.6. The molecule has 2 rings (SSSR count). The number of alkyl halides is 3. The van der Waals surface area contributed by atoms with Gasteiger partial charge in [-0.2, -0.15) is 18.3 Å². The van der Waals surface area contributed by atoms with Crippen molar-refractivity contribution in [2.24, 2.45) is 0 Å². The Hall–Kier alpha value is -1.82. The molecule has 1 N–H and O–H groups in total. The molecule has 0 radical (unpaired) electrons. The highest BCUT2D eigenvalue weighted by Gasteiger charge is 2.30. The number of hydrogen-bond donors (Lipinski definition) is 1. The fraction of sp³-hybridized carbons (Fsp3) is 0.0909. The highest BCUT2D eigenvalue weighted by molar-refractivity contribution is 6.29. The number of halogens is 4. The highest BCUT2D eigenvalue weighted by Crippen LogP contribution is 2.31. The molecule has 0 aliphatic carbocycles. The lowest BCUT2D eigenvalue weighted by Crippen LogP contribution is -2.11. The molecule has 0 spiro atoms. The summed E-state index contributed by atoms with van der Waals surface area (Å²) in [6.07, 6.45) is -4.46. The summed E-state index contributed by atoms with van der Waals surface area (Å²) in [5.41, 5.74) is -1.25. The van der Waals surface area contributed by atoms with Crippen molar-refractivity contribution in [3.05, 3.63) is 51.4 Å². The number of H-pyrrole nitrogens is 1. The molecule has 94 valence electrons. The number of rotatable bonds is 1. The first-order chi connectivity index (χ1) is 8.38. The molecule has 1 aromatic heterocycles. The number of aromatic amines is 1. The maximum atomic E-state index is 12.5. The van der Waals surface area contributed by atoms with Gasteiger partial charge in [0.15, 0.2) is 0 Å². The minimum atomic E-state index is -4.46. The van der Waals surface area contributed by atoms with E-state index >= 15 is 0 Å². The summed E-state index contributed by atoms with van der Waals surface area (Å²) >= 11 is 5.59. The van der Waals surface area contributed by atoms with Gasteiger partial charge in [0.2, 0.25) is 0 Å². The fourth-order valence-electron chi connectivity index (χ4n) is 1.46. The van der Waals surface area contributed by atoms with Crippen molar-refractivity contribution in [1.82, 2.24) is 10.2 Å². The third kappa shape index (κ3) is 2.53. The van der Waals surface area contributed by atoms with Crippen LogP contribution in [0.3, 0.4) is 0 Å². The minimum absolute atomic E-state index is 0.00186. The molecule has 0 aliphatic heterocycles. The van der Waals surface area contributed by atoms with E-state index in [4.69, 9.17) is 11.6 Å². The van der Waals surface area contributed by atoms with Gasteiger partial charge >= 0.3 is 6.18 Å². The Bertz CT molecular complexity index is 637. The van der Waals surface area contributed by atoms with Crippen LogP contribution in [0.4, 0.5) is 13.2 Å². The standard InChI is InChI=1S/C11H6ClF3N2O/c12-9-5-8(10(18)17-16-9)6-2-1-3-7(4-6)11(13,14)15/h1-5H,(H,17,18). The quantitative estimate of drug-likeness (QED) is 0.868. The van der Waals surface area contributed by atoms with Gasteiger partial charge in [0.05, 0.1) is 11.1 Å². The van der Waals surface area contributed by atoms with E-state index in [2.05, 4.69) is 10.2 Å². The van der Waals surface area contributed by atoms with Gasteiger partial charge in [-0.3, -0.25) is 4.79 Å². The SMILES string of the molecule is O=c1[nH]nc(Cl)cc1-c1cccc(C(F)(F)F)c1. The molecular formula is C11H6ClF3N2O. The summed E-state index contributed by atoms with van der Waals surface area (Å²) in [6, 6.07) is 5.67. The molecule has 1 aromatic carbocycles. The smallest absolute Gasteiger partial charge is 0.267 e. The minimum Gasteiger partial charge on any atom is -0.267 e. The van der Waals surface area contributed by atoms with E-state index in [1.165, 1.54) is 18.2 Å². The average Bonchev–Trinajstić information content (AvgIpc) is 2.31. The van der Waals surface area contributed by atoms with Gasteiger partial charge in [-0.25, -0.2) is 5.10 Å². The van der Waals surface area contributed by atoms with E-state index in [9.17, 15) is 18.0 Å². The van der Waals surface area contributed by atoms with Crippen LogP contribution in [0, 0.1) is 0 Å². The molecule has 0 aliphatic rings. The largest absolute Gasteiger partial charge is 0.416 e. The molecule has 0 saturated carbocycles. The topological polar surface area (TPSA) is 45.8 Å². The van der Waals surface area contributed by atoms with E-state index in [1.54, 1.807) is 0 Å². The number of benzene rings is 1. The van der Waals surface area contributed by atoms with E-state index in [-0.39, 0.29) is 16.3 Å². The lowest BCUT2D eigenvalue weighted by molar-refractivity contribution is -0.137. The van der Waals surface area contributed by atoms with Crippen molar-refractivity contribution in [2.45, 2.75) is 6.18 Å². The molecule has 0 atom stereocenters. The fourth-order valence-corrected chi connectivity index (χ4v) is 1.61. The van der Waals surface area contributed by atoms with Crippen molar-refractivity contribution in [1.29, 1.82) is 0 Å².